The Labute approximate surface area is 262 Å². The number of amides is 2. The molecule has 14 nitrogen and oxygen atoms in total. The van der Waals surface area contributed by atoms with E-state index in [1.165, 1.54) is 12.1 Å². The van der Waals surface area contributed by atoms with Gasteiger partial charge in [0, 0.05) is 24.1 Å². The Balaban J connectivity index is 1.45. The van der Waals surface area contributed by atoms with E-state index in [0.29, 0.717) is 35.7 Å². The van der Waals surface area contributed by atoms with E-state index >= 15 is 0 Å². The molecule has 2 amide bonds. The van der Waals surface area contributed by atoms with Crippen LogP contribution in [0.4, 0.5) is 5.69 Å². The topological polar surface area (TPSA) is 219 Å². The van der Waals surface area contributed by atoms with Gasteiger partial charge < -0.3 is 40.6 Å². The maximum Gasteiger partial charge on any atom is 0.326 e. The number of hydrogen-bond acceptors (Lipinski definition) is 9. The highest BCUT2D eigenvalue weighted by Crippen LogP contribution is 2.39. The van der Waals surface area contributed by atoms with Crippen LogP contribution in [0.5, 0.6) is 0 Å². The molecular weight excluding hydrogens is 598 g/mol. The normalized spacial score (nSPS) is 14.8. The molecule has 1 aromatic heterocycles. The number of aliphatic hydroxyl groups excluding tert-OH is 1. The quantitative estimate of drug-likeness (QED) is 0.103. The minimum Gasteiger partial charge on any atom is -0.480 e. The van der Waals surface area contributed by atoms with Crippen molar-refractivity contribution in [3.63, 3.8) is 0 Å². The van der Waals surface area contributed by atoms with E-state index in [1.54, 1.807) is 18.2 Å². The number of nitrogens with one attached hydrogen (secondary N) is 3. The van der Waals surface area contributed by atoms with Crippen molar-refractivity contribution < 1.29 is 39.3 Å². The van der Waals surface area contributed by atoms with E-state index in [2.05, 4.69) is 26.5 Å². The second-order valence-electron chi connectivity index (χ2n) is 10.8. The van der Waals surface area contributed by atoms with Gasteiger partial charge in [-0.05, 0) is 73.2 Å². The minimum absolute atomic E-state index is 0.0683. The number of rotatable bonds is 15. The van der Waals surface area contributed by atoms with Crippen molar-refractivity contribution in [2.75, 3.05) is 11.4 Å². The lowest BCUT2D eigenvalue weighted by Gasteiger charge is -2.30. The lowest BCUT2D eigenvalue weighted by Crippen LogP contribution is -2.44. The van der Waals surface area contributed by atoms with Gasteiger partial charge in [-0.1, -0.05) is 5.92 Å². The van der Waals surface area contributed by atoms with Gasteiger partial charge in [0.2, 0.25) is 5.91 Å². The highest BCUT2D eigenvalue weighted by Gasteiger charge is 2.30. The number of carboxylic acids is 2. The Morgan fingerprint density at radius 2 is 1.78 bits per heavy atom. The Bertz CT molecular complexity index is 1750. The van der Waals surface area contributed by atoms with Crippen LogP contribution >= 0.6 is 0 Å². The van der Waals surface area contributed by atoms with Crippen molar-refractivity contribution in [1.82, 2.24) is 20.6 Å². The van der Waals surface area contributed by atoms with Crippen molar-refractivity contribution in [3.8, 4) is 12.3 Å². The Morgan fingerprint density at radius 3 is 2.41 bits per heavy atom. The van der Waals surface area contributed by atoms with Gasteiger partial charge in [0.25, 0.3) is 11.5 Å². The number of aliphatic hydroxyl groups is 1. The van der Waals surface area contributed by atoms with Crippen molar-refractivity contribution >= 4 is 46.6 Å². The molecule has 4 rings (SSSR count). The number of H-pyrrole nitrogens is 1. The molecule has 46 heavy (non-hydrogen) atoms. The molecule has 6 N–H and O–H groups in total. The number of aromatic amines is 1. The molecule has 240 valence electrons. The molecule has 14 heteroatoms. The van der Waals surface area contributed by atoms with Crippen LogP contribution < -0.4 is 21.1 Å². The first-order chi connectivity index (χ1) is 22.1. The number of aromatic nitrogens is 2. The van der Waals surface area contributed by atoms with Crippen LogP contribution in [0, 0.1) is 12.3 Å². The lowest BCUT2D eigenvalue weighted by atomic mass is 10.0. The molecule has 0 saturated carbocycles. The van der Waals surface area contributed by atoms with Crippen molar-refractivity contribution in [1.29, 1.82) is 0 Å². The van der Waals surface area contributed by atoms with Crippen LogP contribution in [0.15, 0.2) is 41.2 Å². The fourth-order valence-corrected chi connectivity index (χ4v) is 5.48. The maximum atomic E-state index is 12.9. The summed E-state index contributed by atoms with van der Waals surface area (Å²) in [7, 11) is 0. The second-order valence-corrected chi connectivity index (χ2v) is 10.8. The molecule has 1 aliphatic carbocycles. The summed E-state index contributed by atoms with van der Waals surface area (Å²) in [4.78, 5) is 80.3. The summed E-state index contributed by atoms with van der Waals surface area (Å²) in [6.45, 7) is -0.158. The molecule has 0 spiro atoms. The number of aldehydes is 1. The van der Waals surface area contributed by atoms with Gasteiger partial charge in [0.1, 0.15) is 30.8 Å². The van der Waals surface area contributed by atoms with E-state index in [1.807, 2.05) is 11.0 Å². The first-order valence-electron chi connectivity index (χ1n) is 14.5. The van der Waals surface area contributed by atoms with Crippen LogP contribution in [0.1, 0.15) is 65.5 Å². The van der Waals surface area contributed by atoms with Gasteiger partial charge >= 0.3 is 11.9 Å². The molecule has 1 heterocycles. The Kier molecular flexibility index (Phi) is 10.8. The van der Waals surface area contributed by atoms with Crippen LogP contribution in [0.2, 0.25) is 0 Å². The summed E-state index contributed by atoms with van der Waals surface area (Å²) < 4.78 is 0. The first-order valence-corrected chi connectivity index (χ1v) is 14.5. The van der Waals surface area contributed by atoms with Gasteiger partial charge in [-0.3, -0.25) is 14.4 Å². The maximum absolute atomic E-state index is 12.9. The summed E-state index contributed by atoms with van der Waals surface area (Å²) in [5, 5.41) is 33.2. The number of aliphatic carboxylic acids is 2. The van der Waals surface area contributed by atoms with Crippen LogP contribution in [-0.4, -0.2) is 74.0 Å². The fourth-order valence-electron chi connectivity index (χ4n) is 5.48. The predicted molar refractivity (Wildman–Crippen MR) is 165 cm³/mol. The largest absolute Gasteiger partial charge is 0.480 e. The first kappa shape index (κ1) is 33.3. The van der Waals surface area contributed by atoms with Crippen molar-refractivity contribution in [3.05, 3.63) is 69.3 Å². The molecule has 0 bridgehead atoms. The van der Waals surface area contributed by atoms with Gasteiger partial charge in [-0.25, -0.2) is 14.6 Å². The Morgan fingerprint density at radius 1 is 1.09 bits per heavy atom. The SMILES string of the molecule is C#CCN(c1ccc(C(=O)N[C@@H](CCC(=O)N[C@H](CCC=O)C(=O)O)C(=O)O)cc1)[C@H]1CCc2cc3nc(CO)[nH]c(=O)c3cc21. The summed E-state index contributed by atoms with van der Waals surface area (Å²) in [5.74, 6) is -1.27. The number of carbonyl (C=O) groups excluding carboxylic acids is 3. The summed E-state index contributed by atoms with van der Waals surface area (Å²) >= 11 is 0. The number of nitrogens with zero attached hydrogens (tertiary/aromatic N) is 2. The van der Waals surface area contributed by atoms with Crippen LogP contribution in [-0.2, 0) is 32.2 Å². The molecule has 0 radical (unpaired) electrons. The molecule has 3 atom stereocenters. The highest BCUT2D eigenvalue weighted by atomic mass is 16.4. The van der Waals surface area contributed by atoms with E-state index in [9.17, 15) is 44.1 Å². The fraction of sp³-hybridized carbons (Fsp3) is 0.344. The number of carboxylic acid groups (broad SMARTS) is 2. The highest BCUT2D eigenvalue weighted by molar-refractivity contribution is 5.97. The number of benzene rings is 2. The van der Waals surface area contributed by atoms with Crippen molar-refractivity contribution in [2.45, 2.75) is 63.3 Å². The van der Waals surface area contributed by atoms with E-state index < -0.39 is 35.8 Å². The van der Waals surface area contributed by atoms with Crippen LogP contribution in [0.25, 0.3) is 10.9 Å². The third kappa shape index (κ3) is 7.74. The van der Waals surface area contributed by atoms with Gasteiger partial charge in [-0.15, -0.1) is 6.42 Å². The molecule has 0 unspecified atom stereocenters. The number of aryl methyl sites for hydroxylation is 1. The zero-order chi connectivity index (χ0) is 33.4. The third-order valence-corrected chi connectivity index (χ3v) is 7.78. The zero-order valence-corrected chi connectivity index (χ0v) is 24.7. The van der Waals surface area contributed by atoms with Crippen molar-refractivity contribution in [2.24, 2.45) is 0 Å². The number of fused-ring (bicyclic) bond motifs is 2. The molecule has 2 aromatic carbocycles. The third-order valence-electron chi connectivity index (χ3n) is 7.78. The molecule has 0 fully saturated rings. The summed E-state index contributed by atoms with van der Waals surface area (Å²) in [6.07, 6.45) is 6.81. The number of anilines is 1. The molecule has 0 saturated heterocycles. The van der Waals surface area contributed by atoms with Gasteiger partial charge in [0.15, 0.2) is 0 Å². The average Bonchev–Trinajstić information content (AvgIpc) is 3.44. The lowest BCUT2D eigenvalue weighted by molar-refractivity contribution is -0.142. The predicted octanol–water partition coefficient (Wildman–Crippen LogP) is 1.05. The van der Waals surface area contributed by atoms with Gasteiger partial charge in [0.05, 0.1) is 23.5 Å². The minimum atomic E-state index is -1.43. The van der Waals surface area contributed by atoms with E-state index in [-0.39, 0.29) is 61.8 Å². The standard InChI is InChI=1S/C32H33N5O9/c1-2-13-37(26-11-7-19-15-25-22(16-21(19)26)30(42)36-27(17-39)33-25)20-8-5-18(6-9-20)29(41)35-24(32(45)46)10-12-28(40)34-23(31(43)44)4-3-14-38/h1,5-6,8-9,14-16,23-24,26,39H,3-4,7,10-13,17H2,(H,34,40)(H,35,41)(H,43,44)(H,45,46)(H,33,36,42)/t23-,24+,26+/m1/s1. The van der Waals surface area contributed by atoms with E-state index in [4.69, 9.17) is 6.42 Å². The smallest absolute Gasteiger partial charge is 0.326 e. The van der Waals surface area contributed by atoms with Gasteiger partial charge in [-0.2, -0.15) is 0 Å². The monoisotopic (exact) mass is 631 g/mol. The average molecular weight is 632 g/mol. The molecule has 1 aliphatic rings. The van der Waals surface area contributed by atoms with E-state index in [0.717, 1.165) is 11.1 Å². The summed E-state index contributed by atoms with van der Waals surface area (Å²) in [6, 6.07) is 7.15. The second kappa shape index (κ2) is 15.0. The number of terminal acetylenes is 1. The Hall–Kier alpha value is -5.55. The number of carbonyl (C=O) groups is 5. The molecule has 0 aliphatic heterocycles. The summed E-state index contributed by atoms with van der Waals surface area (Å²) in [5.41, 5.74) is 2.91. The molecular formula is C32H33N5O9. The zero-order valence-electron chi connectivity index (χ0n) is 24.7. The van der Waals surface area contributed by atoms with Crippen LogP contribution in [0.3, 0.4) is 0 Å². The number of hydrogen-bond donors (Lipinski definition) is 6. The molecule has 3 aromatic rings.